The average Bonchev–Trinajstić information content (AvgIpc) is 3.64. The Balaban J connectivity index is 1.42. The lowest BCUT2D eigenvalue weighted by Crippen LogP contribution is -2.17. The smallest absolute Gasteiger partial charge is 0.340 e. The number of benzene rings is 3. The van der Waals surface area contributed by atoms with E-state index in [0.717, 1.165) is 16.7 Å². The second kappa shape index (κ2) is 11.2. The van der Waals surface area contributed by atoms with E-state index in [4.69, 9.17) is 27.5 Å². The van der Waals surface area contributed by atoms with Crippen LogP contribution in [0.2, 0.25) is 0 Å². The van der Waals surface area contributed by atoms with Gasteiger partial charge in [-0.05, 0) is 41.0 Å². The minimum absolute atomic E-state index is 0.112. The number of carbonyl (C=O) groups excluding carboxylic acids is 1. The number of anilines is 1. The van der Waals surface area contributed by atoms with Gasteiger partial charge in [-0.15, -0.1) is 0 Å². The highest BCUT2D eigenvalue weighted by Crippen LogP contribution is 2.27. The summed E-state index contributed by atoms with van der Waals surface area (Å²) in [7, 11) is 3.17. The minimum Gasteiger partial charge on any atom is -0.465 e. The van der Waals surface area contributed by atoms with Crippen LogP contribution in [0.25, 0.3) is 22.2 Å². The Morgan fingerprint density at radius 3 is 2.56 bits per heavy atom. The number of esters is 1. The molecule has 11 heteroatoms. The molecule has 0 atom stereocenters. The van der Waals surface area contributed by atoms with E-state index in [1.165, 1.54) is 18.0 Å². The molecule has 0 saturated heterocycles. The number of aromatic nitrogens is 4. The van der Waals surface area contributed by atoms with Crippen molar-refractivity contribution in [2.45, 2.75) is 6.54 Å². The van der Waals surface area contributed by atoms with Gasteiger partial charge in [-0.2, -0.15) is 0 Å². The topological polar surface area (TPSA) is 122 Å². The molecule has 0 aliphatic carbocycles. The molecule has 5 aromatic rings. The molecule has 0 bridgehead atoms. The third-order valence-corrected chi connectivity index (χ3v) is 6.43. The summed E-state index contributed by atoms with van der Waals surface area (Å²) in [5.74, 6) is 0.426. The van der Waals surface area contributed by atoms with Crippen LogP contribution in [0.1, 0.15) is 21.5 Å². The number of para-hydroxylation sites is 1. The molecular formula is C28H25N7O3S. The molecule has 10 nitrogen and oxygen atoms in total. The highest BCUT2D eigenvalue weighted by molar-refractivity contribution is 7.80. The van der Waals surface area contributed by atoms with E-state index >= 15 is 0 Å². The molecule has 0 amide bonds. The number of fused-ring (bicyclic) bond motifs is 1. The predicted octanol–water partition coefficient (Wildman–Crippen LogP) is 4.25. The molecule has 0 aliphatic rings. The van der Waals surface area contributed by atoms with Crippen molar-refractivity contribution in [3.05, 3.63) is 102 Å². The monoisotopic (exact) mass is 539 g/mol. The number of carbonyl (C=O) groups is 1. The Labute approximate surface area is 229 Å². The third kappa shape index (κ3) is 5.20. The minimum atomic E-state index is -0.412. The van der Waals surface area contributed by atoms with Gasteiger partial charge in [-0.25, -0.2) is 14.8 Å². The van der Waals surface area contributed by atoms with Gasteiger partial charge in [-0.3, -0.25) is 4.57 Å². The van der Waals surface area contributed by atoms with Crippen LogP contribution in [0, 0.1) is 0 Å². The van der Waals surface area contributed by atoms with Gasteiger partial charge < -0.3 is 25.2 Å². The summed E-state index contributed by atoms with van der Waals surface area (Å²) in [5, 5.41) is 7.26. The average molecular weight is 540 g/mol. The maximum Gasteiger partial charge on any atom is 0.340 e. The molecule has 0 radical (unpaired) electrons. The van der Waals surface area contributed by atoms with Crippen molar-refractivity contribution in [3.8, 4) is 11.1 Å². The first-order valence-corrected chi connectivity index (χ1v) is 12.4. The molecule has 2 aromatic heterocycles. The second-order valence-corrected chi connectivity index (χ2v) is 8.83. The first kappa shape index (κ1) is 25.6. The highest BCUT2D eigenvalue weighted by atomic mass is 32.1. The fourth-order valence-corrected chi connectivity index (χ4v) is 4.43. The van der Waals surface area contributed by atoms with Crippen LogP contribution in [0.5, 0.6) is 0 Å². The number of amidine groups is 1. The van der Waals surface area contributed by atoms with Crippen LogP contribution in [0.4, 0.5) is 5.95 Å². The Kier molecular flexibility index (Phi) is 7.32. The molecule has 0 spiro atoms. The van der Waals surface area contributed by atoms with Gasteiger partial charge in [0.2, 0.25) is 5.95 Å². The number of oxime groups is 1. The van der Waals surface area contributed by atoms with Crippen LogP contribution in [0.3, 0.4) is 0 Å². The predicted molar refractivity (Wildman–Crippen MR) is 154 cm³/mol. The van der Waals surface area contributed by atoms with Crippen molar-refractivity contribution in [2.75, 3.05) is 19.5 Å². The van der Waals surface area contributed by atoms with Gasteiger partial charge in [0.05, 0.1) is 30.3 Å². The van der Waals surface area contributed by atoms with Crippen molar-refractivity contribution in [3.63, 3.8) is 0 Å². The molecule has 2 heterocycles. The van der Waals surface area contributed by atoms with Gasteiger partial charge >= 0.3 is 11.1 Å². The lowest BCUT2D eigenvalue weighted by atomic mass is 9.98. The van der Waals surface area contributed by atoms with E-state index in [-0.39, 0.29) is 11.0 Å². The lowest BCUT2D eigenvalue weighted by molar-refractivity contribution is 0.0602. The molecule has 39 heavy (non-hydrogen) atoms. The van der Waals surface area contributed by atoms with Gasteiger partial charge in [0.25, 0.3) is 0 Å². The summed E-state index contributed by atoms with van der Waals surface area (Å²) in [6, 6.07) is 21.1. The summed E-state index contributed by atoms with van der Waals surface area (Å²) in [4.78, 5) is 26.3. The molecule has 0 fully saturated rings. The summed E-state index contributed by atoms with van der Waals surface area (Å²) in [5.41, 5.74) is 11.7. The number of nitrogens with zero attached hydrogens (tertiary/aromatic N) is 5. The van der Waals surface area contributed by atoms with Gasteiger partial charge in [-0.1, -0.05) is 59.8 Å². The SMILES string of the molecule is CNc1nc2cccc(C(=O)OC)c2n1Cc1ccc(-c2ccccc2/C(N)=N/OC(=S)n2ccnc2)cc1. The van der Waals surface area contributed by atoms with Crippen LogP contribution in [-0.2, 0) is 16.1 Å². The van der Waals surface area contributed by atoms with E-state index in [1.54, 1.807) is 31.6 Å². The highest BCUT2D eigenvalue weighted by Gasteiger charge is 2.18. The van der Waals surface area contributed by atoms with Crippen molar-refractivity contribution in [1.29, 1.82) is 0 Å². The van der Waals surface area contributed by atoms with Crippen LogP contribution >= 0.6 is 12.2 Å². The third-order valence-electron chi connectivity index (χ3n) is 6.14. The largest absolute Gasteiger partial charge is 0.465 e. The number of hydrogen-bond donors (Lipinski definition) is 2. The maximum absolute atomic E-state index is 12.4. The van der Waals surface area contributed by atoms with Gasteiger partial charge in [0.1, 0.15) is 6.33 Å². The van der Waals surface area contributed by atoms with Crippen molar-refractivity contribution in [2.24, 2.45) is 10.9 Å². The van der Waals surface area contributed by atoms with E-state index in [9.17, 15) is 4.79 Å². The molecule has 196 valence electrons. The van der Waals surface area contributed by atoms with Gasteiger partial charge in [0.15, 0.2) is 5.84 Å². The summed E-state index contributed by atoms with van der Waals surface area (Å²) < 4.78 is 8.49. The Hall–Kier alpha value is -5.03. The zero-order valence-corrected chi connectivity index (χ0v) is 22.1. The van der Waals surface area contributed by atoms with Crippen molar-refractivity contribution >= 4 is 46.2 Å². The number of ether oxygens (including phenoxy) is 1. The molecule has 3 N–H and O–H groups in total. The van der Waals surface area contributed by atoms with E-state index in [2.05, 4.69) is 20.4 Å². The van der Waals surface area contributed by atoms with Gasteiger partial charge in [0, 0.05) is 25.0 Å². The fraction of sp³-hybridized carbons (Fsp3) is 0.107. The maximum atomic E-state index is 12.4. The molecule has 5 rings (SSSR count). The zero-order chi connectivity index (χ0) is 27.4. The summed E-state index contributed by atoms with van der Waals surface area (Å²) in [6.45, 7) is 0.492. The fourth-order valence-electron chi connectivity index (χ4n) is 4.29. The number of rotatable bonds is 7. The van der Waals surface area contributed by atoms with E-state index < -0.39 is 5.97 Å². The van der Waals surface area contributed by atoms with Crippen molar-refractivity contribution < 1.29 is 14.4 Å². The van der Waals surface area contributed by atoms with E-state index in [0.29, 0.717) is 34.7 Å². The quantitative estimate of drug-likeness (QED) is 0.104. The second-order valence-electron chi connectivity index (χ2n) is 8.48. The molecular weight excluding hydrogens is 514 g/mol. The van der Waals surface area contributed by atoms with Crippen molar-refractivity contribution in [1.82, 2.24) is 19.1 Å². The summed E-state index contributed by atoms with van der Waals surface area (Å²) >= 11 is 5.21. The standard InChI is InChI=1S/C28H25N7O3S/c1-30-27-32-23-9-5-8-22(26(36)37-2)24(23)35(27)16-18-10-12-19(13-11-18)20-6-3-4-7-21(20)25(29)33-38-28(39)34-15-14-31-17-34/h3-15,17H,16H2,1-2H3,(H2,29,33)(H,30,32). The molecule has 0 unspecified atom stereocenters. The first-order chi connectivity index (χ1) is 19.0. The molecule has 3 aromatic carbocycles. The lowest BCUT2D eigenvalue weighted by Gasteiger charge is -2.13. The van der Waals surface area contributed by atoms with Crippen LogP contribution in [0.15, 0.2) is 90.6 Å². The summed E-state index contributed by atoms with van der Waals surface area (Å²) in [6.07, 6.45) is 4.77. The molecule has 0 aliphatic heterocycles. The number of nitrogens with one attached hydrogen (secondary N) is 1. The number of methoxy groups -OCH3 is 1. The Morgan fingerprint density at radius 2 is 1.85 bits per heavy atom. The first-order valence-electron chi connectivity index (χ1n) is 12.0. The Morgan fingerprint density at radius 1 is 1.08 bits per heavy atom. The number of imidazole rings is 2. The van der Waals surface area contributed by atoms with Crippen LogP contribution < -0.4 is 11.1 Å². The van der Waals surface area contributed by atoms with E-state index in [1.807, 2.05) is 59.2 Å². The molecule has 0 saturated carbocycles. The normalized spacial score (nSPS) is 11.4. The number of hydrogen-bond acceptors (Lipinski definition) is 8. The zero-order valence-electron chi connectivity index (χ0n) is 21.2. The van der Waals surface area contributed by atoms with Crippen LogP contribution in [-0.4, -0.2) is 50.2 Å². The Bertz CT molecular complexity index is 1680. The number of thiocarbonyl (C=S) groups is 1. The number of nitrogens with two attached hydrogens (primary N) is 1.